The standard InChI is InChI=1S/C15H21NO4/c1-4-6-11(3)16-13(17)9-20-15(19)12-8-5-7-10(2)14(12)18/h5,7-8,11,18H,4,6,9H2,1-3H3,(H,16,17). The maximum atomic E-state index is 11.8. The Hall–Kier alpha value is -2.04. The van der Waals surface area contributed by atoms with Crippen molar-refractivity contribution in [1.29, 1.82) is 0 Å². The molecular formula is C15H21NO4. The molecular weight excluding hydrogens is 258 g/mol. The van der Waals surface area contributed by atoms with Crippen molar-refractivity contribution in [3.05, 3.63) is 29.3 Å². The number of aryl methyl sites for hydroxylation is 1. The van der Waals surface area contributed by atoms with Gasteiger partial charge in [-0.05, 0) is 31.9 Å². The second kappa shape index (κ2) is 7.53. The lowest BCUT2D eigenvalue weighted by Gasteiger charge is -2.13. The number of ether oxygens (including phenoxy) is 1. The van der Waals surface area contributed by atoms with Crippen molar-refractivity contribution in [2.24, 2.45) is 0 Å². The van der Waals surface area contributed by atoms with Gasteiger partial charge in [-0.2, -0.15) is 0 Å². The van der Waals surface area contributed by atoms with E-state index in [9.17, 15) is 14.7 Å². The van der Waals surface area contributed by atoms with Crippen molar-refractivity contribution in [1.82, 2.24) is 5.32 Å². The van der Waals surface area contributed by atoms with Crippen molar-refractivity contribution in [3.63, 3.8) is 0 Å². The van der Waals surface area contributed by atoms with Gasteiger partial charge in [0.15, 0.2) is 6.61 Å². The monoisotopic (exact) mass is 279 g/mol. The molecule has 0 saturated carbocycles. The van der Waals surface area contributed by atoms with E-state index in [1.165, 1.54) is 6.07 Å². The third kappa shape index (κ3) is 4.57. The lowest BCUT2D eigenvalue weighted by atomic mass is 10.1. The van der Waals surface area contributed by atoms with E-state index in [1.807, 2.05) is 13.8 Å². The van der Waals surface area contributed by atoms with Crippen LogP contribution in [0.5, 0.6) is 5.75 Å². The van der Waals surface area contributed by atoms with Crippen LogP contribution in [0.15, 0.2) is 18.2 Å². The first kappa shape index (κ1) is 16.0. The Labute approximate surface area is 118 Å². The molecule has 110 valence electrons. The molecule has 0 radical (unpaired) electrons. The SMILES string of the molecule is CCCC(C)NC(=O)COC(=O)c1cccc(C)c1O. The van der Waals surface area contributed by atoms with Crippen LogP contribution in [0.4, 0.5) is 0 Å². The zero-order chi connectivity index (χ0) is 15.1. The molecule has 0 aromatic heterocycles. The molecule has 1 aromatic carbocycles. The Bertz CT molecular complexity index is 485. The van der Waals surface area contributed by atoms with E-state index in [0.29, 0.717) is 5.56 Å². The molecule has 20 heavy (non-hydrogen) atoms. The molecule has 1 amide bonds. The number of carbonyl (C=O) groups is 2. The first-order valence-electron chi connectivity index (χ1n) is 6.70. The van der Waals surface area contributed by atoms with E-state index < -0.39 is 5.97 Å². The highest BCUT2D eigenvalue weighted by Gasteiger charge is 2.16. The minimum absolute atomic E-state index is 0.0542. The molecule has 1 atom stereocenters. The summed E-state index contributed by atoms with van der Waals surface area (Å²) in [5, 5.41) is 12.5. The number of esters is 1. The van der Waals surface area contributed by atoms with Gasteiger partial charge < -0.3 is 15.2 Å². The third-order valence-corrected chi connectivity index (χ3v) is 2.92. The Kier molecular flexibility index (Phi) is 6.03. The second-order valence-electron chi connectivity index (χ2n) is 4.80. The number of amides is 1. The van der Waals surface area contributed by atoms with Gasteiger partial charge >= 0.3 is 5.97 Å². The summed E-state index contributed by atoms with van der Waals surface area (Å²) in [5.74, 6) is -1.16. The summed E-state index contributed by atoms with van der Waals surface area (Å²) < 4.78 is 4.89. The highest BCUT2D eigenvalue weighted by atomic mass is 16.5. The van der Waals surface area contributed by atoms with Crippen molar-refractivity contribution >= 4 is 11.9 Å². The number of rotatable bonds is 6. The fraction of sp³-hybridized carbons (Fsp3) is 0.467. The predicted octanol–water partition coefficient (Wildman–Crippen LogP) is 2.16. The van der Waals surface area contributed by atoms with E-state index in [-0.39, 0.29) is 29.9 Å². The van der Waals surface area contributed by atoms with Gasteiger partial charge in [0.25, 0.3) is 5.91 Å². The molecule has 0 saturated heterocycles. The number of nitrogens with one attached hydrogen (secondary N) is 1. The highest BCUT2D eigenvalue weighted by molar-refractivity contribution is 5.94. The lowest BCUT2D eigenvalue weighted by molar-refractivity contribution is -0.124. The fourth-order valence-electron chi connectivity index (χ4n) is 1.85. The van der Waals surface area contributed by atoms with Crippen LogP contribution in [0, 0.1) is 6.92 Å². The Morgan fingerprint density at radius 1 is 1.40 bits per heavy atom. The van der Waals surface area contributed by atoms with Crippen molar-refractivity contribution in [2.75, 3.05) is 6.61 Å². The molecule has 1 unspecified atom stereocenters. The average molecular weight is 279 g/mol. The van der Waals surface area contributed by atoms with Gasteiger partial charge in [0.05, 0.1) is 0 Å². The van der Waals surface area contributed by atoms with Crippen LogP contribution in [0.1, 0.15) is 42.6 Å². The van der Waals surface area contributed by atoms with Gasteiger partial charge in [0, 0.05) is 6.04 Å². The molecule has 5 heteroatoms. The van der Waals surface area contributed by atoms with Gasteiger partial charge in [0.2, 0.25) is 0 Å². The maximum absolute atomic E-state index is 11.8. The van der Waals surface area contributed by atoms with Crippen LogP contribution in [0.25, 0.3) is 0 Å². The van der Waals surface area contributed by atoms with E-state index >= 15 is 0 Å². The quantitative estimate of drug-likeness (QED) is 0.782. The zero-order valence-corrected chi connectivity index (χ0v) is 12.1. The van der Waals surface area contributed by atoms with E-state index in [1.54, 1.807) is 19.1 Å². The molecule has 2 N–H and O–H groups in total. The number of phenols is 1. The Balaban J connectivity index is 2.51. The summed E-state index contributed by atoms with van der Waals surface area (Å²) in [6.07, 6.45) is 1.84. The highest BCUT2D eigenvalue weighted by Crippen LogP contribution is 2.21. The minimum atomic E-state index is -0.704. The van der Waals surface area contributed by atoms with Crippen LogP contribution in [0.2, 0.25) is 0 Å². The zero-order valence-electron chi connectivity index (χ0n) is 12.1. The van der Waals surface area contributed by atoms with Crippen LogP contribution >= 0.6 is 0 Å². The third-order valence-electron chi connectivity index (χ3n) is 2.92. The van der Waals surface area contributed by atoms with Crippen LogP contribution in [0.3, 0.4) is 0 Å². The summed E-state index contributed by atoms with van der Waals surface area (Å²) in [5.41, 5.74) is 0.653. The second-order valence-corrected chi connectivity index (χ2v) is 4.80. The number of carbonyl (C=O) groups excluding carboxylic acids is 2. The van der Waals surface area contributed by atoms with Crippen LogP contribution < -0.4 is 5.32 Å². The van der Waals surface area contributed by atoms with Crippen LogP contribution in [-0.2, 0) is 9.53 Å². The maximum Gasteiger partial charge on any atom is 0.342 e. The largest absolute Gasteiger partial charge is 0.507 e. The molecule has 0 fully saturated rings. The topological polar surface area (TPSA) is 75.6 Å². The number of hydrogen-bond acceptors (Lipinski definition) is 4. The van der Waals surface area contributed by atoms with Crippen molar-refractivity contribution < 1.29 is 19.4 Å². The molecule has 0 spiro atoms. The number of phenolic OH excluding ortho intramolecular Hbond substituents is 1. The molecule has 0 heterocycles. The molecule has 0 bridgehead atoms. The Morgan fingerprint density at radius 2 is 2.10 bits per heavy atom. The summed E-state index contributed by atoms with van der Waals surface area (Å²) in [4.78, 5) is 23.3. The van der Waals surface area contributed by atoms with E-state index in [2.05, 4.69) is 5.32 Å². The predicted molar refractivity (Wildman–Crippen MR) is 75.6 cm³/mol. The number of benzene rings is 1. The minimum Gasteiger partial charge on any atom is -0.507 e. The van der Waals surface area contributed by atoms with E-state index in [4.69, 9.17) is 4.74 Å². The average Bonchev–Trinajstić information content (AvgIpc) is 2.39. The number of para-hydroxylation sites is 1. The van der Waals surface area contributed by atoms with Gasteiger partial charge in [-0.25, -0.2) is 4.79 Å². The molecule has 5 nitrogen and oxygen atoms in total. The van der Waals surface area contributed by atoms with Crippen LogP contribution in [-0.4, -0.2) is 29.6 Å². The fourth-order valence-corrected chi connectivity index (χ4v) is 1.85. The number of hydrogen-bond donors (Lipinski definition) is 2. The summed E-state index contributed by atoms with van der Waals surface area (Å²) in [6, 6.07) is 4.85. The normalized spacial score (nSPS) is 11.8. The summed E-state index contributed by atoms with van der Waals surface area (Å²) in [7, 11) is 0. The van der Waals surface area contributed by atoms with Gasteiger partial charge in [-0.1, -0.05) is 25.5 Å². The first-order chi connectivity index (χ1) is 9.45. The molecule has 0 aliphatic heterocycles. The molecule has 0 aliphatic rings. The lowest BCUT2D eigenvalue weighted by Crippen LogP contribution is -2.35. The smallest absolute Gasteiger partial charge is 0.342 e. The van der Waals surface area contributed by atoms with Crippen molar-refractivity contribution in [2.45, 2.75) is 39.7 Å². The first-order valence-corrected chi connectivity index (χ1v) is 6.70. The Morgan fingerprint density at radius 3 is 2.75 bits per heavy atom. The van der Waals surface area contributed by atoms with Gasteiger partial charge in [-0.3, -0.25) is 4.79 Å². The molecule has 1 rings (SSSR count). The van der Waals surface area contributed by atoms with E-state index in [0.717, 1.165) is 12.8 Å². The van der Waals surface area contributed by atoms with Crippen molar-refractivity contribution in [3.8, 4) is 5.75 Å². The summed E-state index contributed by atoms with van der Waals surface area (Å²) >= 11 is 0. The van der Waals surface area contributed by atoms with Gasteiger partial charge in [0.1, 0.15) is 11.3 Å². The molecule has 0 aliphatic carbocycles. The van der Waals surface area contributed by atoms with Gasteiger partial charge in [-0.15, -0.1) is 0 Å². The summed E-state index contributed by atoms with van der Waals surface area (Å²) in [6.45, 7) is 5.27. The number of aromatic hydroxyl groups is 1. The molecule has 1 aromatic rings.